The fraction of sp³-hybridized carbons (Fsp3) is 0.217. The second-order valence-electron chi connectivity index (χ2n) is 7.50. The summed E-state index contributed by atoms with van der Waals surface area (Å²) >= 11 is 6.04. The van der Waals surface area contributed by atoms with Crippen molar-refractivity contribution < 1.29 is 4.79 Å². The molecule has 31 heavy (non-hydrogen) atoms. The monoisotopic (exact) mass is 432 g/mol. The van der Waals surface area contributed by atoms with Crippen molar-refractivity contribution >= 4 is 34.4 Å². The number of hydrogen-bond donors (Lipinski definition) is 0. The summed E-state index contributed by atoms with van der Waals surface area (Å²) in [5.41, 5.74) is 2.67. The number of hydrogen-bond acceptors (Lipinski definition) is 5. The second kappa shape index (κ2) is 8.35. The average Bonchev–Trinajstić information content (AvgIpc) is 3.24. The molecular weight excluding hydrogens is 412 g/mol. The molecule has 0 spiro atoms. The van der Waals surface area contributed by atoms with Crippen molar-refractivity contribution in [3.8, 4) is 5.69 Å². The Morgan fingerprint density at radius 1 is 0.968 bits per heavy atom. The molecule has 1 aliphatic heterocycles. The summed E-state index contributed by atoms with van der Waals surface area (Å²) in [6, 6.07) is 17.4. The van der Waals surface area contributed by atoms with Crippen LogP contribution in [0.1, 0.15) is 5.56 Å². The zero-order valence-corrected chi connectivity index (χ0v) is 17.6. The molecule has 1 fully saturated rings. The molecule has 3 heterocycles. The van der Waals surface area contributed by atoms with Crippen LogP contribution in [-0.4, -0.2) is 56.7 Å². The molecule has 0 radical (unpaired) electrons. The number of rotatable bonds is 4. The Morgan fingerprint density at radius 3 is 2.55 bits per heavy atom. The van der Waals surface area contributed by atoms with E-state index in [4.69, 9.17) is 11.6 Å². The van der Waals surface area contributed by atoms with Gasteiger partial charge < -0.3 is 9.80 Å². The van der Waals surface area contributed by atoms with Crippen LogP contribution < -0.4 is 4.90 Å². The number of piperazine rings is 1. The molecular formula is C23H21ClN6O. The molecule has 0 atom stereocenters. The highest BCUT2D eigenvalue weighted by atomic mass is 35.5. The van der Waals surface area contributed by atoms with Crippen LogP contribution in [0.15, 0.2) is 67.1 Å². The lowest BCUT2D eigenvalue weighted by atomic mass is 10.1. The first-order valence-electron chi connectivity index (χ1n) is 10.2. The molecule has 5 rings (SSSR count). The van der Waals surface area contributed by atoms with Crippen molar-refractivity contribution in [2.24, 2.45) is 0 Å². The highest BCUT2D eigenvalue weighted by Gasteiger charge is 2.24. The predicted molar refractivity (Wildman–Crippen MR) is 121 cm³/mol. The normalized spacial score (nSPS) is 14.2. The molecule has 1 saturated heterocycles. The van der Waals surface area contributed by atoms with E-state index in [-0.39, 0.29) is 5.91 Å². The zero-order valence-electron chi connectivity index (χ0n) is 16.9. The molecule has 0 bridgehead atoms. The average molecular weight is 433 g/mol. The Balaban J connectivity index is 1.30. The number of carbonyl (C=O) groups is 1. The Hall–Kier alpha value is -3.45. The maximum Gasteiger partial charge on any atom is 0.227 e. The lowest BCUT2D eigenvalue weighted by Gasteiger charge is -2.35. The van der Waals surface area contributed by atoms with Gasteiger partial charge in [-0.3, -0.25) is 4.79 Å². The molecule has 0 unspecified atom stereocenters. The summed E-state index contributed by atoms with van der Waals surface area (Å²) in [6.07, 6.45) is 3.76. The first kappa shape index (κ1) is 19.5. The van der Waals surface area contributed by atoms with E-state index >= 15 is 0 Å². The van der Waals surface area contributed by atoms with E-state index < -0.39 is 0 Å². The maximum atomic E-state index is 12.7. The zero-order chi connectivity index (χ0) is 21.2. The molecule has 156 valence electrons. The van der Waals surface area contributed by atoms with Crippen molar-refractivity contribution in [2.45, 2.75) is 6.42 Å². The SMILES string of the molecule is O=C(Cc1cccc(Cl)c1)N1CCN(c2ncnc3c2cnn3-c2ccccc2)CC1. The van der Waals surface area contributed by atoms with Gasteiger partial charge in [-0.05, 0) is 29.8 Å². The standard InChI is InChI=1S/C23H21ClN6O/c24-18-6-4-5-17(13-18)14-21(31)28-9-11-29(12-10-28)22-20-15-27-30(23(20)26-16-25-22)19-7-2-1-3-8-19/h1-8,13,15-16H,9-12,14H2. The minimum Gasteiger partial charge on any atom is -0.352 e. The van der Waals surface area contributed by atoms with Crippen molar-refractivity contribution in [1.29, 1.82) is 0 Å². The van der Waals surface area contributed by atoms with E-state index in [0.29, 0.717) is 37.6 Å². The van der Waals surface area contributed by atoms with Gasteiger partial charge in [-0.25, -0.2) is 14.6 Å². The fourth-order valence-corrected chi connectivity index (χ4v) is 4.16. The molecule has 1 aliphatic rings. The lowest BCUT2D eigenvalue weighted by molar-refractivity contribution is -0.130. The van der Waals surface area contributed by atoms with Crippen molar-refractivity contribution in [1.82, 2.24) is 24.6 Å². The Labute approximate surface area is 184 Å². The first-order chi connectivity index (χ1) is 15.2. The number of para-hydroxylation sites is 1. The van der Waals surface area contributed by atoms with Crippen LogP contribution in [-0.2, 0) is 11.2 Å². The van der Waals surface area contributed by atoms with Gasteiger partial charge in [0.1, 0.15) is 12.1 Å². The number of amides is 1. The molecule has 0 saturated carbocycles. The number of fused-ring (bicyclic) bond motifs is 1. The summed E-state index contributed by atoms with van der Waals surface area (Å²) in [6.45, 7) is 2.73. The molecule has 0 aliphatic carbocycles. The maximum absolute atomic E-state index is 12.7. The third-order valence-corrected chi connectivity index (χ3v) is 5.76. The summed E-state index contributed by atoms with van der Waals surface area (Å²) in [4.78, 5) is 25.8. The minimum atomic E-state index is 0.117. The number of halogens is 1. The van der Waals surface area contributed by atoms with Crippen LogP contribution in [0, 0.1) is 0 Å². The van der Waals surface area contributed by atoms with E-state index in [2.05, 4.69) is 20.0 Å². The van der Waals surface area contributed by atoms with E-state index in [0.717, 1.165) is 28.1 Å². The first-order valence-corrected chi connectivity index (χ1v) is 10.6. The van der Waals surface area contributed by atoms with Crippen LogP contribution in [0.5, 0.6) is 0 Å². The lowest BCUT2D eigenvalue weighted by Crippen LogP contribution is -2.49. The molecule has 2 aromatic carbocycles. The van der Waals surface area contributed by atoms with Crippen LogP contribution in [0.4, 0.5) is 5.82 Å². The van der Waals surface area contributed by atoms with Gasteiger partial charge in [0.2, 0.25) is 5.91 Å². The number of nitrogens with zero attached hydrogens (tertiary/aromatic N) is 6. The smallest absolute Gasteiger partial charge is 0.227 e. The van der Waals surface area contributed by atoms with E-state index in [9.17, 15) is 4.79 Å². The van der Waals surface area contributed by atoms with Gasteiger partial charge in [0.25, 0.3) is 0 Å². The molecule has 7 nitrogen and oxygen atoms in total. The highest BCUT2D eigenvalue weighted by Crippen LogP contribution is 2.25. The van der Waals surface area contributed by atoms with Crippen LogP contribution in [0.2, 0.25) is 5.02 Å². The summed E-state index contributed by atoms with van der Waals surface area (Å²) < 4.78 is 1.82. The van der Waals surface area contributed by atoms with Crippen molar-refractivity contribution in [3.05, 3.63) is 77.7 Å². The van der Waals surface area contributed by atoms with Gasteiger partial charge in [-0.2, -0.15) is 5.10 Å². The van der Waals surface area contributed by atoms with Gasteiger partial charge in [-0.1, -0.05) is 41.9 Å². The van der Waals surface area contributed by atoms with Crippen LogP contribution in [0.25, 0.3) is 16.7 Å². The summed E-state index contributed by atoms with van der Waals surface area (Å²) in [7, 11) is 0. The molecule has 0 N–H and O–H groups in total. The molecule has 1 amide bonds. The number of carbonyl (C=O) groups excluding carboxylic acids is 1. The number of aromatic nitrogens is 4. The molecule has 8 heteroatoms. The molecule has 4 aromatic rings. The number of benzene rings is 2. The Bertz CT molecular complexity index is 1220. The molecule has 2 aromatic heterocycles. The van der Waals surface area contributed by atoms with Crippen molar-refractivity contribution in [2.75, 3.05) is 31.1 Å². The predicted octanol–water partition coefficient (Wildman–Crippen LogP) is 3.36. The second-order valence-corrected chi connectivity index (χ2v) is 7.94. The topological polar surface area (TPSA) is 67.2 Å². The quantitative estimate of drug-likeness (QED) is 0.494. The third kappa shape index (κ3) is 3.96. The van der Waals surface area contributed by atoms with Gasteiger partial charge in [-0.15, -0.1) is 0 Å². The summed E-state index contributed by atoms with van der Waals surface area (Å²) in [5, 5.41) is 6.09. The Kier molecular flexibility index (Phi) is 5.26. The van der Waals surface area contributed by atoms with Gasteiger partial charge >= 0.3 is 0 Å². The number of anilines is 1. The largest absolute Gasteiger partial charge is 0.352 e. The van der Waals surface area contributed by atoms with E-state index in [1.807, 2.05) is 70.4 Å². The van der Waals surface area contributed by atoms with Crippen LogP contribution in [0.3, 0.4) is 0 Å². The summed E-state index contributed by atoms with van der Waals surface area (Å²) in [5.74, 6) is 0.973. The van der Waals surface area contributed by atoms with Gasteiger partial charge in [0, 0.05) is 31.2 Å². The highest BCUT2D eigenvalue weighted by molar-refractivity contribution is 6.30. The van der Waals surface area contributed by atoms with Crippen LogP contribution >= 0.6 is 11.6 Å². The van der Waals surface area contributed by atoms with Gasteiger partial charge in [0.15, 0.2) is 5.65 Å². The van der Waals surface area contributed by atoms with Gasteiger partial charge in [0.05, 0.1) is 23.7 Å². The van der Waals surface area contributed by atoms with E-state index in [1.165, 1.54) is 0 Å². The van der Waals surface area contributed by atoms with E-state index in [1.54, 1.807) is 6.33 Å². The van der Waals surface area contributed by atoms with Crippen molar-refractivity contribution in [3.63, 3.8) is 0 Å². The minimum absolute atomic E-state index is 0.117. The third-order valence-electron chi connectivity index (χ3n) is 5.52. The Morgan fingerprint density at radius 2 is 1.77 bits per heavy atom. The fourth-order valence-electron chi connectivity index (χ4n) is 3.94.